The number of amides is 2. The van der Waals surface area contributed by atoms with Crippen LogP contribution in [-0.2, 0) is 9.59 Å². The van der Waals surface area contributed by atoms with E-state index < -0.39 is 18.4 Å². The Balaban J connectivity index is 2.91. The fraction of sp³-hybridized carbons (Fsp3) is 0.200. The molecule has 0 saturated carbocycles. The highest BCUT2D eigenvalue weighted by atomic mass is 16.3. The summed E-state index contributed by atoms with van der Waals surface area (Å²) in [7, 11) is 0. The lowest BCUT2D eigenvalue weighted by molar-refractivity contribution is -0.124. The maximum Gasteiger partial charge on any atom is 0.271 e. The molecule has 0 unspecified atom stereocenters. The molecule has 0 aliphatic carbocycles. The molecule has 1 aromatic carbocycles. The molecule has 16 heavy (non-hydrogen) atoms. The van der Waals surface area contributed by atoms with E-state index in [1.807, 2.05) is 0 Å². The molecule has 1 aromatic rings. The van der Waals surface area contributed by atoms with E-state index in [1.165, 1.54) is 6.92 Å². The highest BCUT2D eigenvalue weighted by Gasteiger charge is 2.16. The van der Waals surface area contributed by atoms with Crippen LogP contribution in [-0.4, -0.2) is 18.4 Å². The molecular weight excluding hydrogens is 210 g/mol. The molecule has 0 aliphatic rings. The van der Waals surface area contributed by atoms with Crippen molar-refractivity contribution < 1.29 is 9.59 Å². The number of nitrogens with zero attached hydrogens (tertiary/aromatic N) is 2. The fourth-order valence-corrected chi connectivity index (χ4v) is 1.13. The van der Waals surface area contributed by atoms with E-state index in [9.17, 15) is 14.5 Å². The zero-order valence-corrected chi connectivity index (χ0v) is 8.71. The number of benzene rings is 1. The number of anilines is 1. The van der Waals surface area contributed by atoms with Crippen molar-refractivity contribution in [3.8, 4) is 0 Å². The molecule has 0 aromatic heterocycles. The SMILES string of the molecule is CC(=O)NN(C(=O)CN=O)c1ccccc1. The van der Waals surface area contributed by atoms with Gasteiger partial charge >= 0.3 is 0 Å². The van der Waals surface area contributed by atoms with Gasteiger partial charge in [0.1, 0.15) is 0 Å². The van der Waals surface area contributed by atoms with Crippen molar-refractivity contribution in [3.63, 3.8) is 0 Å². The van der Waals surface area contributed by atoms with Crippen molar-refractivity contribution in [1.82, 2.24) is 5.43 Å². The van der Waals surface area contributed by atoms with Gasteiger partial charge in [0.15, 0.2) is 6.54 Å². The third kappa shape index (κ3) is 3.16. The Kier molecular flexibility index (Phi) is 4.14. The van der Waals surface area contributed by atoms with Crippen LogP contribution >= 0.6 is 0 Å². The summed E-state index contributed by atoms with van der Waals surface area (Å²) in [6.45, 7) is 0.757. The normalized spacial score (nSPS) is 9.31. The number of carbonyl (C=O) groups is 2. The molecule has 0 radical (unpaired) electrons. The lowest BCUT2D eigenvalue weighted by atomic mass is 10.3. The highest BCUT2D eigenvalue weighted by molar-refractivity contribution is 5.97. The quantitative estimate of drug-likeness (QED) is 0.606. The third-order valence-corrected chi connectivity index (χ3v) is 1.73. The van der Waals surface area contributed by atoms with Gasteiger partial charge in [0.05, 0.1) is 5.69 Å². The summed E-state index contributed by atoms with van der Waals surface area (Å²) < 4.78 is 0. The van der Waals surface area contributed by atoms with E-state index in [2.05, 4.69) is 10.6 Å². The first-order valence-electron chi connectivity index (χ1n) is 4.59. The summed E-state index contributed by atoms with van der Waals surface area (Å²) in [5.74, 6) is -0.987. The average Bonchev–Trinajstić information content (AvgIpc) is 2.27. The van der Waals surface area contributed by atoms with E-state index in [1.54, 1.807) is 30.3 Å². The lowest BCUT2D eigenvalue weighted by Gasteiger charge is -2.21. The van der Waals surface area contributed by atoms with Gasteiger partial charge in [0.2, 0.25) is 5.91 Å². The lowest BCUT2D eigenvalue weighted by Crippen LogP contribution is -2.46. The molecule has 0 fully saturated rings. The van der Waals surface area contributed by atoms with Crippen LogP contribution in [0.25, 0.3) is 0 Å². The van der Waals surface area contributed by atoms with E-state index >= 15 is 0 Å². The van der Waals surface area contributed by atoms with E-state index in [-0.39, 0.29) is 0 Å². The third-order valence-electron chi connectivity index (χ3n) is 1.73. The van der Waals surface area contributed by atoms with E-state index in [0.29, 0.717) is 5.69 Å². The van der Waals surface area contributed by atoms with Crippen LogP contribution in [0.15, 0.2) is 35.5 Å². The number of hydrazine groups is 1. The molecule has 84 valence electrons. The molecule has 6 heteroatoms. The number of nitrogens with one attached hydrogen (secondary N) is 1. The second-order valence-corrected chi connectivity index (χ2v) is 3.02. The zero-order valence-electron chi connectivity index (χ0n) is 8.71. The molecule has 0 saturated heterocycles. The van der Waals surface area contributed by atoms with Crippen molar-refractivity contribution >= 4 is 17.5 Å². The van der Waals surface area contributed by atoms with Crippen LogP contribution < -0.4 is 10.4 Å². The number of para-hydroxylation sites is 1. The van der Waals surface area contributed by atoms with Gasteiger partial charge in [-0.15, -0.1) is 0 Å². The monoisotopic (exact) mass is 221 g/mol. The van der Waals surface area contributed by atoms with Crippen molar-refractivity contribution in [3.05, 3.63) is 35.2 Å². The molecule has 1 N–H and O–H groups in total. The molecular formula is C10H11N3O3. The Morgan fingerprint density at radius 1 is 1.31 bits per heavy atom. The first-order chi connectivity index (χ1) is 7.65. The van der Waals surface area contributed by atoms with Crippen molar-refractivity contribution in [2.75, 3.05) is 11.6 Å². The summed E-state index contributed by atoms with van der Waals surface area (Å²) in [5, 5.41) is 3.50. The molecule has 2 amide bonds. The Bertz CT molecular complexity index is 392. The Morgan fingerprint density at radius 3 is 2.44 bits per heavy atom. The van der Waals surface area contributed by atoms with Crippen LogP contribution in [0.2, 0.25) is 0 Å². The predicted octanol–water partition coefficient (Wildman–Crippen LogP) is 0.837. The molecule has 0 spiro atoms. The molecule has 6 nitrogen and oxygen atoms in total. The first-order valence-corrected chi connectivity index (χ1v) is 4.59. The minimum atomic E-state index is -0.587. The van der Waals surface area contributed by atoms with Gasteiger partial charge in [-0.1, -0.05) is 23.4 Å². The van der Waals surface area contributed by atoms with E-state index in [0.717, 1.165) is 5.01 Å². The van der Waals surface area contributed by atoms with Gasteiger partial charge in [0.25, 0.3) is 5.91 Å². The van der Waals surface area contributed by atoms with Crippen molar-refractivity contribution in [1.29, 1.82) is 0 Å². The first kappa shape index (κ1) is 11.8. The number of hydrogen-bond donors (Lipinski definition) is 1. The standard InChI is InChI=1S/C10H11N3O3/c1-8(14)12-13(10(15)7-11-16)9-5-3-2-4-6-9/h2-6H,7H2,1H3,(H,12,14). The molecule has 0 atom stereocenters. The molecule has 1 rings (SSSR count). The molecule has 0 aliphatic heterocycles. The van der Waals surface area contributed by atoms with Gasteiger partial charge < -0.3 is 0 Å². The zero-order chi connectivity index (χ0) is 12.0. The smallest absolute Gasteiger partial charge is 0.271 e. The second-order valence-electron chi connectivity index (χ2n) is 3.02. The van der Waals surface area contributed by atoms with Crippen molar-refractivity contribution in [2.24, 2.45) is 5.18 Å². The summed E-state index contributed by atoms with van der Waals surface area (Å²) in [6, 6.07) is 8.48. The Labute approximate surface area is 92.2 Å². The van der Waals surface area contributed by atoms with E-state index in [4.69, 9.17) is 0 Å². The summed E-state index contributed by atoms with van der Waals surface area (Å²) in [5.41, 5.74) is 2.80. The number of carbonyl (C=O) groups excluding carboxylic acids is 2. The van der Waals surface area contributed by atoms with Gasteiger partial charge in [0, 0.05) is 6.92 Å². The fourth-order valence-electron chi connectivity index (χ4n) is 1.13. The van der Waals surface area contributed by atoms with Gasteiger partial charge in [-0.25, -0.2) is 5.01 Å². The van der Waals surface area contributed by atoms with Crippen LogP contribution in [0.1, 0.15) is 6.92 Å². The van der Waals surface area contributed by atoms with Crippen molar-refractivity contribution in [2.45, 2.75) is 6.92 Å². The number of hydrogen-bond acceptors (Lipinski definition) is 4. The molecule has 0 heterocycles. The summed E-state index contributed by atoms with van der Waals surface area (Å²) in [6.07, 6.45) is 0. The Hall–Kier alpha value is -2.24. The minimum Gasteiger partial charge on any atom is -0.274 e. The summed E-state index contributed by atoms with van der Waals surface area (Å²) >= 11 is 0. The van der Waals surface area contributed by atoms with Crippen LogP contribution in [0.4, 0.5) is 5.69 Å². The number of nitroso groups, excluding NO2 is 1. The number of rotatable bonds is 3. The second kappa shape index (κ2) is 5.59. The predicted molar refractivity (Wildman–Crippen MR) is 58.4 cm³/mol. The largest absolute Gasteiger partial charge is 0.274 e. The van der Waals surface area contributed by atoms with Crippen LogP contribution in [0.3, 0.4) is 0 Å². The Morgan fingerprint density at radius 2 is 1.94 bits per heavy atom. The summed E-state index contributed by atoms with van der Waals surface area (Å²) in [4.78, 5) is 32.4. The average molecular weight is 221 g/mol. The molecule has 0 bridgehead atoms. The minimum absolute atomic E-state index is 0.400. The van der Waals surface area contributed by atoms with Gasteiger partial charge in [-0.2, -0.15) is 4.91 Å². The van der Waals surface area contributed by atoms with Crippen LogP contribution in [0.5, 0.6) is 0 Å². The van der Waals surface area contributed by atoms with Gasteiger partial charge in [-0.05, 0) is 12.1 Å². The van der Waals surface area contributed by atoms with Gasteiger partial charge in [-0.3, -0.25) is 15.0 Å². The highest BCUT2D eigenvalue weighted by Crippen LogP contribution is 2.11. The van der Waals surface area contributed by atoms with Crippen LogP contribution in [0, 0.1) is 4.91 Å². The maximum atomic E-state index is 11.5. The topological polar surface area (TPSA) is 78.8 Å². The maximum absolute atomic E-state index is 11.5.